The van der Waals surface area contributed by atoms with Crippen LogP contribution in [0.2, 0.25) is 0 Å². The van der Waals surface area contributed by atoms with E-state index in [-0.39, 0.29) is 13.0 Å². The molecule has 45 heavy (non-hydrogen) atoms. The summed E-state index contributed by atoms with van der Waals surface area (Å²) in [5.41, 5.74) is 4.62. The number of alkyl halides is 6. The summed E-state index contributed by atoms with van der Waals surface area (Å²) in [7, 11) is 0. The van der Waals surface area contributed by atoms with E-state index < -0.39 is 36.4 Å². The number of carboxylic acids is 3. The number of benzene rings is 2. The molecule has 1 aliphatic rings. The van der Waals surface area contributed by atoms with Gasteiger partial charge in [0.05, 0.1) is 6.42 Å². The maximum atomic E-state index is 11.0. The van der Waals surface area contributed by atoms with E-state index in [9.17, 15) is 36.2 Å². The average molecular weight is 655 g/mol. The van der Waals surface area contributed by atoms with Crippen molar-refractivity contribution >= 4 is 17.9 Å². The molecule has 252 valence electrons. The fraction of sp³-hybridized carbons (Fsp3) is 0.483. The zero-order chi connectivity index (χ0) is 34.4. The lowest BCUT2D eigenvalue weighted by Gasteiger charge is -2.33. The zero-order valence-corrected chi connectivity index (χ0v) is 24.5. The van der Waals surface area contributed by atoms with Crippen LogP contribution in [-0.4, -0.2) is 94.0 Å². The molecule has 5 N–H and O–H groups in total. The van der Waals surface area contributed by atoms with Crippen LogP contribution in [0.1, 0.15) is 35.1 Å². The summed E-state index contributed by atoms with van der Waals surface area (Å²) in [6.45, 7) is 7.96. The molecule has 1 atom stereocenters. The minimum atomic E-state index is -5.08. The van der Waals surface area contributed by atoms with Crippen LogP contribution in [0.4, 0.5) is 26.3 Å². The fourth-order valence-electron chi connectivity index (χ4n) is 4.21. The summed E-state index contributed by atoms with van der Waals surface area (Å²) in [4.78, 5) is 31.3. The van der Waals surface area contributed by atoms with E-state index in [0.29, 0.717) is 23.9 Å². The van der Waals surface area contributed by atoms with Crippen molar-refractivity contribution in [2.75, 3.05) is 26.2 Å². The summed E-state index contributed by atoms with van der Waals surface area (Å²) in [5.74, 6) is -5.90. The number of carbonyl (C=O) groups is 3. The first-order valence-corrected chi connectivity index (χ1v) is 13.5. The van der Waals surface area contributed by atoms with E-state index in [1.807, 2.05) is 0 Å². The minimum Gasteiger partial charge on any atom is -0.491 e. The Hall–Kier alpha value is -3.89. The molecule has 1 saturated heterocycles. The van der Waals surface area contributed by atoms with Gasteiger partial charge in [-0.1, -0.05) is 47.5 Å². The second-order valence-corrected chi connectivity index (χ2v) is 10.2. The highest BCUT2D eigenvalue weighted by Crippen LogP contribution is 2.19. The van der Waals surface area contributed by atoms with Crippen LogP contribution < -0.4 is 10.1 Å². The Kier molecular flexibility index (Phi) is 15.8. The normalized spacial score (nSPS) is 14.7. The third-order valence-electron chi connectivity index (χ3n) is 6.15. The minimum absolute atomic E-state index is 0.0921. The average Bonchev–Trinajstić information content (AvgIpc) is 2.91. The van der Waals surface area contributed by atoms with Gasteiger partial charge in [-0.15, -0.1) is 0 Å². The number of para-hydroxylation sites is 1. The summed E-state index contributed by atoms with van der Waals surface area (Å²) in [6.07, 6.45) is -8.80. The Morgan fingerprint density at radius 1 is 0.911 bits per heavy atom. The Balaban J connectivity index is 0.000000601. The fourth-order valence-corrected chi connectivity index (χ4v) is 4.21. The number of piperidine rings is 1. The van der Waals surface area contributed by atoms with Crippen molar-refractivity contribution in [3.05, 3.63) is 64.7 Å². The lowest BCUT2D eigenvalue weighted by Crippen LogP contribution is -2.45. The number of likely N-dealkylation sites (tertiary alicyclic amines) is 1. The van der Waals surface area contributed by atoms with Gasteiger partial charge >= 0.3 is 30.3 Å². The second-order valence-electron chi connectivity index (χ2n) is 10.2. The van der Waals surface area contributed by atoms with E-state index in [0.717, 1.165) is 32.5 Å². The number of rotatable bonds is 10. The Labute approximate surface area is 255 Å². The predicted octanol–water partition coefficient (Wildman–Crippen LogP) is 4.19. The van der Waals surface area contributed by atoms with Crippen LogP contribution in [0.15, 0.2) is 42.5 Å². The number of nitrogens with zero attached hydrogens (tertiary/aromatic N) is 1. The quantitative estimate of drug-likeness (QED) is 0.236. The highest BCUT2D eigenvalue weighted by molar-refractivity contribution is 5.73. The standard InChI is InChI=1S/C25H34N2O4.2C2HF3O2/c1-18-11-19(2)13-20(12-18)16-27-9-7-22(8-10-27)26-15-23(28)17-31-24-6-4-3-5-21(24)14-25(29)30;2*3-2(4,5)1(6)7/h3-6,11-13,22-23,26,28H,7-10,14-17H2,1-2H3,(H,29,30);2*(H,6,7)/t23-;;/m0../s1. The number of halogens is 6. The molecule has 0 amide bonds. The molecule has 3 rings (SSSR count). The van der Waals surface area contributed by atoms with Gasteiger partial charge in [-0.05, 0) is 51.4 Å². The van der Waals surface area contributed by atoms with Gasteiger partial charge in [0.1, 0.15) is 18.5 Å². The Morgan fingerprint density at radius 3 is 1.87 bits per heavy atom. The highest BCUT2D eigenvalue weighted by atomic mass is 19.4. The maximum Gasteiger partial charge on any atom is 0.490 e. The predicted molar refractivity (Wildman–Crippen MR) is 149 cm³/mol. The first kappa shape index (κ1) is 39.1. The molecule has 0 aromatic heterocycles. The van der Waals surface area contributed by atoms with Gasteiger partial charge in [0.25, 0.3) is 0 Å². The summed E-state index contributed by atoms with van der Waals surface area (Å²) in [5, 5.41) is 37.0. The van der Waals surface area contributed by atoms with Gasteiger partial charge in [-0.25, -0.2) is 9.59 Å². The molecular weight excluding hydrogens is 618 g/mol. The van der Waals surface area contributed by atoms with Gasteiger partial charge in [0.15, 0.2) is 0 Å². The van der Waals surface area contributed by atoms with E-state index in [1.54, 1.807) is 24.3 Å². The van der Waals surface area contributed by atoms with Crippen molar-refractivity contribution in [1.82, 2.24) is 10.2 Å². The molecule has 0 radical (unpaired) electrons. The summed E-state index contributed by atoms with van der Waals surface area (Å²) in [6, 6.07) is 14.2. The first-order valence-electron chi connectivity index (χ1n) is 13.5. The third kappa shape index (κ3) is 16.7. The number of hydrogen-bond acceptors (Lipinski definition) is 7. The SMILES string of the molecule is Cc1cc(C)cc(CN2CCC(NC[C@H](O)COc3ccccc3CC(=O)O)CC2)c1.O=C(O)C(F)(F)F.O=C(O)C(F)(F)F. The van der Waals surface area contributed by atoms with Crippen molar-refractivity contribution in [3.63, 3.8) is 0 Å². The van der Waals surface area contributed by atoms with Crippen molar-refractivity contribution < 1.29 is 65.9 Å². The molecule has 0 spiro atoms. The van der Waals surface area contributed by atoms with Crippen molar-refractivity contribution in [3.8, 4) is 5.75 Å². The maximum absolute atomic E-state index is 11.0. The van der Waals surface area contributed by atoms with Crippen LogP contribution in [0.5, 0.6) is 5.75 Å². The Morgan fingerprint density at radius 2 is 1.40 bits per heavy atom. The van der Waals surface area contributed by atoms with Gasteiger partial charge in [-0.2, -0.15) is 26.3 Å². The van der Waals surface area contributed by atoms with E-state index in [2.05, 4.69) is 42.3 Å². The van der Waals surface area contributed by atoms with Crippen LogP contribution in [0.3, 0.4) is 0 Å². The molecule has 2 aromatic rings. The van der Waals surface area contributed by atoms with Crippen LogP contribution in [0.25, 0.3) is 0 Å². The molecule has 1 fully saturated rings. The molecule has 0 aliphatic carbocycles. The van der Waals surface area contributed by atoms with Crippen molar-refractivity contribution in [1.29, 1.82) is 0 Å². The zero-order valence-electron chi connectivity index (χ0n) is 24.5. The molecule has 2 aromatic carbocycles. The monoisotopic (exact) mass is 654 g/mol. The molecule has 0 unspecified atom stereocenters. The molecule has 1 aliphatic heterocycles. The molecule has 1 heterocycles. The van der Waals surface area contributed by atoms with E-state index in [4.69, 9.17) is 29.6 Å². The van der Waals surface area contributed by atoms with Gasteiger partial charge in [-0.3, -0.25) is 9.69 Å². The molecule has 0 saturated carbocycles. The van der Waals surface area contributed by atoms with Crippen LogP contribution in [0, 0.1) is 13.8 Å². The van der Waals surface area contributed by atoms with E-state index >= 15 is 0 Å². The number of hydrogen-bond donors (Lipinski definition) is 5. The lowest BCUT2D eigenvalue weighted by molar-refractivity contribution is -0.193. The Bertz CT molecular complexity index is 1200. The number of aliphatic hydroxyl groups is 1. The number of aliphatic hydroxyl groups excluding tert-OH is 1. The largest absolute Gasteiger partial charge is 0.491 e. The molecule has 0 bridgehead atoms. The van der Waals surface area contributed by atoms with Crippen LogP contribution in [-0.2, 0) is 27.3 Å². The smallest absolute Gasteiger partial charge is 0.490 e. The summed E-state index contributed by atoms with van der Waals surface area (Å²) >= 11 is 0. The van der Waals surface area contributed by atoms with Gasteiger partial charge < -0.3 is 30.5 Å². The van der Waals surface area contributed by atoms with Crippen molar-refractivity contribution in [2.45, 2.75) is 64.2 Å². The molecule has 16 heteroatoms. The lowest BCUT2D eigenvalue weighted by atomic mass is 10.0. The number of aryl methyl sites for hydroxylation is 2. The first-order chi connectivity index (χ1) is 20.8. The summed E-state index contributed by atoms with van der Waals surface area (Å²) < 4.78 is 69.2. The topological polar surface area (TPSA) is 157 Å². The number of carboxylic acid groups (broad SMARTS) is 3. The molecule has 10 nitrogen and oxygen atoms in total. The van der Waals surface area contributed by atoms with Crippen molar-refractivity contribution in [2.24, 2.45) is 0 Å². The third-order valence-corrected chi connectivity index (χ3v) is 6.15. The number of aliphatic carboxylic acids is 3. The van der Waals surface area contributed by atoms with Gasteiger partial charge in [0, 0.05) is 24.7 Å². The van der Waals surface area contributed by atoms with Crippen LogP contribution >= 0.6 is 0 Å². The van der Waals surface area contributed by atoms with Gasteiger partial charge in [0.2, 0.25) is 0 Å². The molecular formula is C29H36F6N2O8. The number of ether oxygens (including phenoxy) is 1. The second kappa shape index (κ2) is 18.2. The highest BCUT2D eigenvalue weighted by Gasteiger charge is 2.38. The number of nitrogens with one attached hydrogen (secondary N) is 1. The van der Waals surface area contributed by atoms with E-state index in [1.165, 1.54) is 16.7 Å².